The fourth-order valence-electron chi connectivity index (χ4n) is 8.45. The summed E-state index contributed by atoms with van der Waals surface area (Å²) in [6.45, 7) is 0. The molecule has 0 saturated heterocycles. The molecule has 61 heavy (non-hydrogen) atoms. The Bertz CT molecular complexity index is 3280. The van der Waals surface area contributed by atoms with Crippen LogP contribution < -0.4 is 4.90 Å². The van der Waals surface area contributed by atoms with Crippen LogP contribution in [0.1, 0.15) is 0 Å². The number of rotatable bonds is 8. The van der Waals surface area contributed by atoms with Gasteiger partial charge in [-0.25, -0.2) is 15.0 Å². The van der Waals surface area contributed by atoms with Crippen molar-refractivity contribution in [2.75, 3.05) is 4.90 Å². The van der Waals surface area contributed by atoms with Gasteiger partial charge >= 0.3 is 0 Å². The molecule has 0 unspecified atom stereocenters. The number of benzene rings is 9. The molecule has 0 radical (unpaired) electrons. The molecule has 0 saturated carbocycles. The van der Waals surface area contributed by atoms with E-state index >= 15 is 0 Å². The number of anilines is 3. The van der Waals surface area contributed by atoms with Crippen LogP contribution in [0.5, 0.6) is 0 Å². The van der Waals surface area contributed by atoms with Gasteiger partial charge in [0.15, 0.2) is 5.82 Å². The van der Waals surface area contributed by atoms with Crippen molar-refractivity contribution >= 4 is 49.5 Å². The fraction of sp³-hybridized carbons (Fsp3) is 0. The Morgan fingerprint density at radius 2 is 0.787 bits per heavy atom. The second-order valence-corrected chi connectivity index (χ2v) is 15.2. The summed E-state index contributed by atoms with van der Waals surface area (Å²) in [6, 6.07) is 80.9. The lowest BCUT2D eigenvalue weighted by Crippen LogP contribution is -2.09. The maximum atomic E-state index is 5.46. The van der Waals surface area contributed by atoms with Crippen LogP contribution in [-0.2, 0) is 0 Å². The number of aromatic nitrogens is 3. The molecule has 0 amide bonds. The summed E-state index contributed by atoms with van der Waals surface area (Å²) in [7, 11) is 0. The summed E-state index contributed by atoms with van der Waals surface area (Å²) in [5.41, 5.74) is 13.2. The average Bonchev–Trinajstić information content (AvgIpc) is 3.35. The molecule has 0 bridgehead atoms. The predicted octanol–water partition coefficient (Wildman–Crippen LogP) is 15.1. The van der Waals surface area contributed by atoms with E-state index in [4.69, 9.17) is 15.0 Å². The molecule has 0 fully saturated rings. The standard InChI is InChI=1S/C57H38N4/c1-6-16-39(17-7-1)40-26-29-44(30-27-40)57-59-52(42-18-8-2-9-19-42)38-53(60-57)45-31-28-41-32-34-50-55(51(41)36-45)49-35-33-48(37-54(49)58-56(50)43-20-10-3-11-21-43)61(46-22-12-4-13-23-46)47-24-14-5-15-25-47/h1-38H. The van der Waals surface area contributed by atoms with Crippen molar-refractivity contribution in [3.05, 3.63) is 231 Å². The molecule has 4 nitrogen and oxygen atoms in total. The minimum absolute atomic E-state index is 0.684. The third-order valence-electron chi connectivity index (χ3n) is 11.4. The van der Waals surface area contributed by atoms with Crippen LogP contribution >= 0.6 is 0 Å². The molecule has 0 N–H and O–H groups in total. The van der Waals surface area contributed by atoms with Crippen molar-refractivity contribution in [1.29, 1.82) is 0 Å². The van der Waals surface area contributed by atoms with Crippen LogP contribution in [0.4, 0.5) is 17.1 Å². The normalized spacial score (nSPS) is 11.3. The Kier molecular flexibility index (Phi) is 9.14. The summed E-state index contributed by atoms with van der Waals surface area (Å²) in [5, 5.41) is 5.65. The van der Waals surface area contributed by atoms with Gasteiger partial charge in [-0.05, 0) is 70.4 Å². The Balaban J connectivity index is 1.12. The highest BCUT2D eigenvalue weighted by molar-refractivity contribution is 6.23. The van der Waals surface area contributed by atoms with Crippen molar-refractivity contribution in [2.24, 2.45) is 0 Å². The minimum Gasteiger partial charge on any atom is -0.310 e. The van der Waals surface area contributed by atoms with Crippen molar-refractivity contribution < 1.29 is 0 Å². The summed E-state index contributed by atoms with van der Waals surface area (Å²) in [6.07, 6.45) is 0. The van der Waals surface area contributed by atoms with E-state index in [1.807, 2.05) is 12.1 Å². The van der Waals surface area contributed by atoms with Crippen molar-refractivity contribution in [3.63, 3.8) is 0 Å². The fourth-order valence-corrected chi connectivity index (χ4v) is 8.45. The summed E-state index contributed by atoms with van der Waals surface area (Å²) in [5.74, 6) is 0.684. The molecule has 2 aromatic heterocycles. The first-order chi connectivity index (χ1) is 30.2. The van der Waals surface area contributed by atoms with Crippen LogP contribution in [0, 0.1) is 0 Å². The Morgan fingerprint density at radius 3 is 1.43 bits per heavy atom. The summed E-state index contributed by atoms with van der Waals surface area (Å²) >= 11 is 0. The second-order valence-electron chi connectivity index (χ2n) is 15.2. The Hall–Kier alpha value is -8.21. The quantitative estimate of drug-likeness (QED) is 0.144. The van der Waals surface area contributed by atoms with Crippen LogP contribution in [0.2, 0.25) is 0 Å². The molecule has 4 heteroatoms. The smallest absolute Gasteiger partial charge is 0.160 e. The van der Waals surface area contributed by atoms with Gasteiger partial charge in [-0.1, -0.05) is 182 Å². The van der Waals surface area contributed by atoms with E-state index in [2.05, 4.69) is 223 Å². The van der Waals surface area contributed by atoms with E-state index in [-0.39, 0.29) is 0 Å². The Morgan fingerprint density at radius 1 is 0.295 bits per heavy atom. The van der Waals surface area contributed by atoms with Crippen LogP contribution in [-0.4, -0.2) is 15.0 Å². The Labute approximate surface area is 354 Å². The topological polar surface area (TPSA) is 41.9 Å². The first kappa shape index (κ1) is 35.9. The monoisotopic (exact) mass is 778 g/mol. The third-order valence-corrected chi connectivity index (χ3v) is 11.4. The largest absolute Gasteiger partial charge is 0.310 e. The maximum absolute atomic E-state index is 5.46. The lowest BCUT2D eigenvalue weighted by molar-refractivity contribution is 1.18. The van der Waals surface area contributed by atoms with Gasteiger partial charge in [0.05, 0.1) is 22.6 Å². The maximum Gasteiger partial charge on any atom is 0.160 e. The van der Waals surface area contributed by atoms with Gasteiger partial charge in [0.2, 0.25) is 0 Å². The van der Waals surface area contributed by atoms with Crippen molar-refractivity contribution in [1.82, 2.24) is 15.0 Å². The first-order valence-corrected chi connectivity index (χ1v) is 20.6. The van der Waals surface area contributed by atoms with Gasteiger partial charge in [0.1, 0.15) is 0 Å². The lowest BCUT2D eigenvalue weighted by Gasteiger charge is -2.26. The minimum atomic E-state index is 0.684. The number of hydrogen-bond donors (Lipinski definition) is 0. The van der Waals surface area contributed by atoms with Gasteiger partial charge in [-0.3, -0.25) is 0 Å². The average molecular weight is 779 g/mol. The van der Waals surface area contributed by atoms with Crippen LogP contribution in [0.15, 0.2) is 231 Å². The second kappa shape index (κ2) is 15.5. The highest BCUT2D eigenvalue weighted by Gasteiger charge is 2.18. The van der Waals surface area contributed by atoms with E-state index in [0.717, 1.165) is 94.4 Å². The zero-order chi connectivity index (χ0) is 40.5. The number of pyridine rings is 1. The molecule has 286 valence electrons. The predicted molar refractivity (Wildman–Crippen MR) is 254 cm³/mol. The summed E-state index contributed by atoms with van der Waals surface area (Å²) < 4.78 is 0. The number of para-hydroxylation sites is 2. The zero-order valence-corrected chi connectivity index (χ0v) is 33.2. The van der Waals surface area contributed by atoms with Crippen LogP contribution in [0.3, 0.4) is 0 Å². The molecular formula is C57H38N4. The lowest BCUT2D eigenvalue weighted by atomic mass is 9.93. The molecule has 0 spiro atoms. The number of hydrogen-bond acceptors (Lipinski definition) is 4. The third kappa shape index (κ3) is 6.86. The van der Waals surface area contributed by atoms with Crippen molar-refractivity contribution in [2.45, 2.75) is 0 Å². The van der Waals surface area contributed by atoms with Gasteiger partial charge < -0.3 is 4.90 Å². The SMILES string of the molecule is c1ccc(-c2ccc(-c3nc(-c4ccccc4)cc(-c4ccc5ccc6c(-c7ccccc7)nc7cc(N(c8ccccc8)c8ccccc8)ccc7c6c5c4)n3)cc2)cc1. The van der Waals surface area contributed by atoms with E-state index in [0.29, 0.717) is 5.82 Å². The molecule has 2 heterocycles. The highest BCUT2D eigenvalue weighted by Crippen LogP contribution is 2.42. The van der Waals surface area contributed by atoms with E-state index in [1.165, 1.54) is 5.56 Å². The molecule has 11 aromatic rings. The molecule has 0 aliphatic rings. The molecule has 9 aromatic carbocycles. The van der Waals surface area contributed by atoms with Gasteiger partial charge in [-0.15, -0.1) is 0 Å². The molecule has 0 aliphatic carbocycles. The van der Waals surface area contributed by atoms with Gasteiger partial charge in [0.25, 0.3) is 0 Å². The molecule has 11 rings (SSSR count). The van der Waals surface area contributed by atoms with E-state index in [9.17, 15) is 0 Å². The molecule has 0 atom stereocenters. The molecular weight excluding hydrogens is 741 g/mol. The molecule has 0 aliphatic heterocycles. The van der Waals surface area contributed by atoms with Crippen LogP contribution in [0.25, 0.3) is 88.7 Å². The van der Waals surface area contributed by atoms with E-state index in [1.54, 1.807) is 0 Å². The number of nitrogens with zero attached hydrogens (tertiary/aromatic N) is 4. The van der Waals surface area contributed by atoms with Crippen molar-refractivity contribution in [3.8, 4) is 56.3 Å². The summed E-state index contributed by atoms with van der Waals surface area (Å²) in [4.78, 5) is 18.2. The highest BCUT2D eigenvalue weighted by atomic mass is 15.1. The van der Waals surface area contributed by atoms with Gasteiger partial charge in [-0.2, -0.15) is 0 Å². The van der Waals surface area contributed by atoms with Gasteiger partial charge in [0, 0.05) is 55.5 Å². The first-order valence-electron chi connectivity index (χ1n) is 20.6. The van der Waals surface area contributed by atoms with E-state index < -0.39 is 0 Å². The zero-order valence-electron chi connectivity index (χ0n) is 33.2. The number of fused-ring (bicyclic) bond motifs is 5.